The van der Waals surface area contributed by atoms with Gasteiger partial charge in [0, 0.05) is 24.2 Å². The number of fused-ring (bicyclic) bond motifs is 2. The Morgan fingerprint density at radius 2 is 1.85 bits per heavy atom. The van der Waals surface area contributed by atoms with Crippen molar-refractivity contribution in [3.63, 3.8) is 0 Å². The SMILES string of the molecule is COc1ccc(C#N)c(C2(O)CC3CCC(C2)N3Cc2ccccc2)c1. The minimum absolute atomic E-state index is 0.344. The maximum atomic E-state index is 11.5. The highest BCUT2D eigenvalue weighted by Crippen LogP contribution is 2.47. The summed E-state index contributed by atoms with van der Waals surface area (Å²) in [4.78, 5) is 2.54. The molecule has 4 heteroatoms. The average Bonchev–Trinajstić information content (AvgIpc) is 2.92. The van der Waals surface area contributed by atoms with Gasteiger partial charge in [-0.05, 0) is 49.4 Å². The summed E-state index contributed by atoms with van der Waals surface area (Å²) < 4.78 is 5.33. The first kappa shape index (κ1) is 17.1. The minimum Gasteiger partial charge on any atom is -0.497 e. The molecule has 2 unspecified atom stereocenters. The highest BCUT2D eigenvalue weighted by Gasteiger charge is 2.48. The van der Waals surface area contributed by atoms with Crippen molar-refractivity contribution in [2.45, 2.75) is 49.9 Å². The standard InChI is InChI=1S/C22H24N2O2/c1-26-20-10-7-17(14-23)21(11-20)22(25)12-18-8-9-19(13-22)24(18)15-16-5-3-2-4-6-16/h2-7,10-11,18-19,25H,8-9,12-13,15H2,1H3. The summed E-state index contributed by atoms with van der Waals surface area (Å²) in [5.74, 6) is 0.687. The smallest absolute Gasteiger partial charge is 0.119 e. The quantitative estimate of drug-likeness (QED) is 0.917. The molecular weight excluding hydrogens is 324 g/mol. The summed E-state index contributed by atoms with van der Waals surface area (Å²) >= 11 is 0. The van der Waals surface area contributed by atoms with Crippen molar-refractivity contribution >= 4 is 0 Å². The van der Waals surface area contributed by atoms with E-state index >= 15 is 0 Å². The second kappa shape index (κ2) is 6.75. The average molecular weight is 348 g/mol. The van der Waals surface area contributed by atoms with Crippen LogP contribution in [0.25, 0.3) is 0 Å². The Bertz CT molecular complexity index is 814. The first-order valence-electron chi connectivity index (χ1n) is 9.23. The van der Waals surface area contributed by atoms with E-state index in [9.17, 15) is 10.4 Å². The highest BCUT2D eigenvalue weighted by molar-refractivity contribution is 5.46. The predicted octanol–water partition coefficient (Wildman–Crippen LogP) is 3.58. The summed E-state index contributed by atoms with van der Waals surface area (Å²) in [6.07, 6.45) is 3.54. The van der Waals surface area contributed by atoms with E-state index in [0.717, 1.165) is 24.9 Å². The minimum atomic E-state index is -0.960. The molecule has 2 saturated heterocycles. The van der Waals surface area contributed by atoms with E-state index in [0.29, 0.717) is 36.2 Å². The number of nitriles is 1. The number of rotatable bonds is 4. The zero-order valence-corrected chi connectivity index (χ0v) is 15.1. The Labute approximate surface area is 154 Å². The molecule has 1 N–H and O–H groups in total. The third-order valence-corrected chi connectivity index (χ3v) is 5.97. The summed E-state index contributed by atoms with van der Waals surface area (Å²) in [5, 5.41) is 21.0. The number of ether oxygens (including phenoxy) is 1. The largest absolute Gasteiger partial charge is 0.497 e. The summed E-state index contributed by atoms with van der Waals surface area (Å²) in [5.41, 5.74) is 1.62. The molecule has 0 radical (unpaired) electrons. The Balaban J connectivity index is 1.61. The van der Waals surface area contributed by atoms with Crippen molar-refractivity contribution in [3.8, 4) is 11.8 Å². The van der Waals surface area contributed by atoms with Gasteiger partial charge in [-0.25, -0.2) is 0 Å². The monoisotopic (exact) mass is 348 g/mol. The molecule has 26 heavy (non-hydrogen) atoms. The lowest BCUT2D eigenvalue weighted by Crippen LogP contribution is -2.49. The predicted molar refractivity (Wildman–Crippen MR) is 99.6 cm³/mol. The van der Waals surface area contributed by atoms with Crippen LogP contribution in [-0.2, 0) is 12.1 Å². The van der Waals surface area contributed by atoms with Gasteiger partial charge in [0.1, 0.15) is 5.75 Å². The topological polar surface area (TPSA) is 56.5 Å². The van der Waals surface area contributed by atoms with Crippen LogP contribution in [0.2, 0.25) is 0 Å². The molecule has 2 heterocycles. The summed E-state index contributed by atoms with van der Waals surface area (Å²) in [6.45, 7) is 0.926. The van der Waals surface area contributed by atoms with Crippen LogP contribution in [-0.4, -0.2) is 29.2 Å². The van der Waals surface area contributed by atoms with E-state index in [4.69, 9.17) is 4.74 Å². The summed E-state index contributed by atoms with van der Waals surface area (Å²) in [7, 11) is 1.61. The first-order chi connectivity index (χ1) is 12.6. The highest BCUT2D eigenvalue weighted by atomic mass is 16.5. The Hall–Kier alpha value is -2.35. The van der Waals surface area contributed by atoms with Gasteiger partial charge in [0.25, 0.3) is 0 Å². The van der Waals surface area contributed by atoms with Crippen LogP contribution >= 0.6 is 0 Å². The zero-order chi connectivity index (χ0) is 18.1. The van der Waals surface area contributed by atoms with Crippen molar-refractivity contribution in [2.75, 3.05) is 7.11 Å². The lowest BCUT2D eigenvalue weighted by molar-refractivity contribution is -0.0597. The van der Waals surface area contributed by atoms with Gasteiger partial charge in [-0.15, -0.1) is 0 Å². The molecule has 0 amide bonds. The fraction of sp³-hybridized carbons (Fsp3) is 0.409. The van der Waals surface area contributed by atoms with Gasteiger partial charge >= 0.3 is 0 Å². The molecule has 2 atom stereocenters. The van der Waals surface area contributed by atoms with Gasteiger partial charge in [0.15, 0.2) is 0 Å². The lowest BCUT2D eigenvalue weighted by Gasteiger charge is -2.44. The van der Waals surface area contributed by atoms with E-state index < -0.39 is 5.60 Å². The fourth-order valence-corrected chi connectivity index (χ4v) is 4.72. The van der Waals surface area contributed by atoms with Gasteiger partial charge in [0.05, 0.1) is 24.3 Å². The third-order valence-electron chi connectivity index (χ3n) is 5.97. The van der Waals surface area contributed by atoms with Gasteiger partial charge in [0.2, 0.25) is 0 Å². The molecule has 2 aliphatic rings. The van der Waals surface area contributed by atoms with E-state index in [1.807, 2.05) is 12.1 Å². The van der Waals surface area contributed by atoms with Crippen LogP contribution < -0.4 is 4.74 Å². The molecule has 2 aromatic carbocycles. The third kappa shape index (κ3) is 2.98. The molecule has 2 fully saturated rings. The van der Waals surface area contributed by atoms with E-state index in [1.165, 1.54) is 5.56 Å². The van der Waals surface area contributed by atoms with E-state index in [-0.39, 0.29) is 0 Å². The second-order valence-electron chi connectivity index (χ2n) is 7.51. The van der Waals surface area contributed by atoms with Crippen molar-refractivity contribution < 1.29 is 9.84 Å². The Morgan fingerprint density at radius 1 is 1.15 bits per heavy atom. The Kier molecular flexibility index (Phi) is 4.44. The number of aliphatic hydroxyl groups is 1. The number of hydrogen-bond acceptors (Lipinski definition) is 4. The number of hydrogen-bond donors (Lipinski definition) is 1. The van der Waals surface area contributed by atoms with Gasteiger partial charge in [-0.3, -0.25) is 4.90 Å². The molecule has 134 valence electrons. The number of nitrogens with zero attached hydrogens (tertiary/aromatic N) is 2. The molecule has 0 saturated carbocycles. The van der Waals surface area contributed by atoms with Crippen LogP contribution in [0.3, 0.4) is 0 Å². The summed E-state index contributed by atoms with van der Waals surface area (Å²) in [6, 6.07) is 18.8. The molecule has 0 aromatic heterocycles. The molecular formula is C22H24N2O2. The van der Waals surface area contributed by atoms with Gasteiger partial charge < -0.3 is 9.84 Å². The second-order valence-corrected chi connectivity index (χ2v) is 7.51. The van der Waals surface area contributed by atoms with Crippen LogP contribution in [0, 0.1) is 11.3 Å². The maximum absolute atomic E-state index is 11.5. The van der Waals surface area contributed by atoms with Crippen LogP contribution in [0.5, 0.6) is 5.75 Å². The Morgan fingerprint density at radius 3 is 2.46 bits per heavy atom. The van der Waals surface area contributed by atoms with Crippen molar-refractivity contribution in [1.29, 1.82) is 5.26 Å². The molecule has 4 nitrogen and oxygen atoms in total. The fourth-order valence-electron chi connectivity index (χ4n) is 4.72. The van der Waals surface area contributed by atoms with Crippen molar-refractivity contribution in [3.05, 3.63) is 65.2 Å². The zero-order valence-electron chi connectivity index (χ0n) is 15.1. The van der Waals surface area contributed by atoms with Crippen LogP contribution in [0.4, 0.5) is 0 Å². The van der Waals surface area contributed by atoms with Crippen LogP contribution in [0.15, 0.2) is 48.5 Å². The number of benzene rings is 2. The number of piperidine rings is 1. The molecule has 2 aromatic rings. The van der Waals surface area contributed by atoms with Crippen molar-refractivity contribution in [2.24, 2.45) is 0 Å². The van der Waals surface area contributed by atoms with Crippen LogP contribution in [0.1, 0.15) is 42.4 Å². The van der Waals surface area contributed by atoms with Crippen molar-refractivity contribution in [1.82, 2.24) is 4.90 Å². The first-order valence-corrected chi connectivity index (χ1v) is 9.23. The van der Waals surface area contributed by atoms with Gasteiger partial charge in [-0.2, -0.15) is 5.26 Å². The van der Waals surface area contributed by atoms with E-state index in [1.54, 1.807) is 19.2 Å². The molecule has 0 aliphatic carbocycles. The van der Waals surface area contributed by atoms with E-state index in [2.05, 4.69) is 35.2 Å². The number of methoxy groups -OCH3 is 1. The lowest BCUT2D eigenvalue weighted by atomic mass is 9.78. The molecule has 4 rings (SSSR count). The normalized spacial score (nSPS) is 27.9. The van der Waals surface area contributed by atoms with Gasteiger partial charge in [-0.1, -0.05) is 30.3 Å². The molecule has 2 bridgehead atoms. The molecule has 2 aliphatic heterocycles. The molecule has 0 spiro atoms. The maximum Gasteiger partial charge on any atom is 0.119 e.